The normalized spacial score (nSPS) is 9.76. The van der Waals surface area contributed by atoms with Gasteiger partial charge in [-0.3, -0.25) is 4.79 Å². The third-order valence-electron chi connectivity index (χ3n) is 2.62. The predicted octanol–water partition coefficient (Wildman–Crippen LogP) is 6.13. The lowest BCUT2D eigenvalue weighted by atomic mass is 10.0. The number of aromatic hydroxyl groups is 1. The molecular formula is C16H15Br3O2. The third kappa shape index (κ3) is 5.24. The van der Waals surface area contributed by atoms with Crippen molar-refractivity contribution in [2.24, 2.45) is 0 Å². The molecule has 1 N–H and O–H groups in total. The lowest BCUT2D eigenvalue weighted by Gasteiger charge is -2.07. The van der Waals surface area contributed by atoms with Gasteiger partial charge in [0.15, 0.2) is 5.78 Å². The maximum absolute atomic E-state index is 12.2. The van der Waals surface area contributed by atoms with Gasteiger partial charge in [-0.25, -0.2) is 0 Å². The number of ketones is 1. The minimum absolute atomic E-state index is 0.00880. The highest BCUT2D eigenvalue weighted by Crippen LogP contribution is 2.26. The first kappa shape index (κ1) is 18.4. The smallest absolute Gasteiger partial charge is 0.170 e. The van der Waals surface area contributed by atoms with Crippen LogP contribution in [-0.2, 0) is 6.42 Å². The van der Waals surface area contributed by atoms with Gasteiger partial charge in [0.2, 0.25) is 0 Å². The highest BCUT2D eigenvalue weighted by atomic mass is 79.9. The summed E-state index contributed by atoms with van der Waals surface area (Å²) in [4.78, 5) is 12.2. The van der Waals surface area contributed by atoms with Gasteiger partial charge in [0.1, 0.15) is 5.75 Å². The van der Waals surface area contributed by atoms with Crippen LogP contribution in [0.15, 0.2) is 49.8 Å². The van der Waals surface area contributed by atoms with Gasteiger partial charge in [-0.05, 0) is 42.0 Å². The molecule has 2 aromatic carbocycles. The second kappa shape index (κ2) is 8.71. The molecule has 0 aliphatic heterocycles. The minimum Gasteiger partial charge on any atom is -0.507 e. The molecule has 0 heterocycles. The van der Waals surface area contributed by atoms with Gasteiger partial charge in [-0.2, -0.15) is 0 Å². The Balaban J connectivity index is 0.00000106. The predicted molar refractivity (Wildman–Crippen MR) is 97.0 cm³/mol. The molecule has 0 atom stereocenters. The van der Waals surface area contributed by atoms with Crippen LogP contribution in [0.3, 0.4) is 0 Å². The molecule has 0 aromatic heterocycles. The summed E-state index contributed by atoms with van der Waals surface area (Å²) in [6.07, 6.45) is 0.231. The zero-order valence-corrected chi connectivity index (χ0v) is 16.4. The van der Waals surface area contributed by atoms with E-state index in [4.69, 9.17) is 0 Å². The number of carbonyl (C=O) groups is 1. The van der Waals surface area contributed by atoms with Crippen LogP contribution in [0.5, 0.6) is 5.75 Å². The highest BCUT2D eigenvalue weighted by Gasteiger charge is 2.13. The number of benzene rings is 2. The largest absolute Gasteiger partial charge is 0.507 e. The maximum Gasteiger partial charge on any atom is 0.170 e. The molecule has 2 nitrogen and oxygen atoms in total. The fourth-order valence-corrected chi connectivity index (χ4v) is 2.83. The van der Waals surface area contributed by atoms with E-state index in [1.165, 1.54) is 6.07 Å². The molecule has 0 spiro atoms. The first-order chi connectivity index (χ1) is 9.97. The summed E-state index contributed by atoms with van der Waals surface area (Å²) >= 11 is 10.0. The van der Waals surface area contributed by atoms with Crippen molar-refractivity contribution in [1.29, 1.82) is 0 Å². The van der Waals surface area contributed by atoms with Crippen molar-refractivity contribution in [2.45, 2.75) is 20.3 Å². The van der Waals surface area contributed by atoms with Gasteiger partial charge >= 0.3 is 0 Å². The van der Waals surface area contributed by atoms with Crippen LogP contribution in [0.25, 0.3) is 0 Å². The monoisotopic (exact) mass is 476 g/mol. The molecule has 0 saturated carbocycles. The topological polar surface area (TPSA) is 37.3 Å². The molecule has 0 fully saturated rings. The van der Waals surface area contributed by atoms with Crippen molar-refractivity contribution in [3.63, 3.8) is 0 Å². The van der Waals surface area contributed by atoms with Crippen LogP contribution in [-0.4, -0.2) is 10.9 Å². The molecule has 0 saturated heterocycles. The molecule has 2 rings (SSSR count). The second-order valence-electron chi connectivity index (χ2n) is 4.00. The summed E-state index contributed by atoms with van der Waals surface area (Å²) in [6, 6.07) is 10.5. The molecule has 2 aromatic rings. The van der Waals surface area contributed by atoms with Gasteiger partial charge in [0, 0.05) is 19.8 Å². The quantitative estimate of drug-likeness (QED) is 0.539. The van der Waals surface area contributed by atoms with Crippen molar-refractivity contribution in [2.75, 3.05) is 0 Å². The fraction of sp³-hybridized carbons (Fsp3) is 0.188. The number of Topliss-reactive ketones (excluding diaryl/α,β-unsaturated/α-hetero) is 1. The van der Waals surface area contributed by atoms with Crippen LogP contribution in [0.4, 0.5) is 0 Å². The summed E-state index contributed by atoms with van der Waals surface area (Å²) in [5.41, 5.74) is 1.21. The van der Waals surface area contributed by atoms with E-state index in [2.05, 4.69) is 47.8 Å². The van der Waals surface area contributed by atoms with Crippen molar-refractivity contribution < 1.29 is 9.90 Å². The Kier molecular flexibility index (Phi) is 7.63. The molecular weight excluding hydrogens is 464 g/mol. The standard InChI is InChI=1S/C14H9Br3O2.C2H6/c15-9-2-4-12(17)8(5-9)6-13(18)11-3-1-10(16)7-14(11)19;1-2/h1-5,7,19H,6H2;1-2H3. The van der Waals surface area contributed by atoms with E-state index in [0.717, 1.165) is 19.0 Å². The Labute approximate surface area is 150 Å². The molecule has 21 heavy (non-hydrogen) atoms. The Morgan fingerprint density at radius 3 is 2.19 bits per heavy atom. The fourth-order valence-electron chi connectivity index (χ4n) is 1.69. The van der Waals surface area contributed by atoms with Gasteiger partial charge in [0.25, 0.3) is 0 Å². The number of hydrogen-bond donors (Lipinski definition) is 1. The maximum atomic E-state index is 12.2. The van der Waals surface area contributed by atoms with Crippen molar-refractivity contribution in [3.05, 3.63) is 60.9 Å². The molecule has 0 radical (unpaired) electrons. The number of phenols is 1. The van der Waals surface area contributed by atoms with E-state index in [1.807, 2.05) is 32.0 Å². The molecule has 0 amide bonds. The van der Waals surface area contributed by atoms with Gasteiger partial charge in [-0.1, -0.05) is 61.6 Å². The second-order valence-corrected chi connectivity index (χ2v) is 6.68. The van der Waals surface area contributed by atoms with Gasteiger partial charge in [0.05, 0.1) is 5.56 Å². The van der Waals surface area contributed by atoms with Crippen LogP contribution in [0, 0.1) is 0 Å². The van der Waals surface area contributed by atoms with Crippen LogP contribution in [0.2, 0.25) is 0 Å². The van der Waals surface area contributed by atoms with Crippen LogP contribution < -0.4 is 0 Å². The number of halogens is 3. The summed E-state index contributed by atoms with van der Waals surface area (Å²) in [6.45, 7) is 4.00. The summed E-state index contributed by atoms with van der Waals surface area (Å²) in [5, 5.41) is 9.79. The minimum atomic E-state index is -0.121. The Bertz CT molecular complexity index is 639. The Morgan fingerprint density at radius 1 is 1.00 bits per heavy atom. The average molecular weight is 479 g/mol. The van der Waals surface area contributed by atoms with Gasteiger partial charge in [-0.15, -0.1) is 0 Å². The van der Waals surface area contributed by atoms with Crippen LogP contribution in [0.1, 0.15) is 29.8 Å². The number of rotatable bonds is 3. The van der Waals surface area contributed by atoms with E-state index in [0.29, 0.717) is 5.56 Å². The van der Waals surface area contributed by atoms with E-state index in [1.54, 1.807) is 12.1 Å². The van der Waals surface area contributed by atoms with Crippen molar-refractivity contribution >= 4 is 53.6 Å². The number of phenolic OH excluding ortho intramolecular Hbond substituents is 1. The molecule has 112 valence electrons. The van der Waals surface area contributed by atoms with Crippen molar-refractivity contribution in [3.8, 4) is 5.75 Å². The lowest BCUT2D eigenvalue weighted by molar-refractivity contribution is 0.0990. The first-order valence-corrected chi connectivity index (χ1v) is 8.81. The average Bonchev–Trinajstić information content (AvgIpc) is 2.45. The van der Waals surface area contributed by atoms with E-state index in [-0.39, 0.29) is 18.0 Å². The lowest BCUT2D eigenvalue weighted by Crippen LogP contribution is -2.04. The molecule has 0 unspecified atom stereocenters. The number of hydrogen-bond acceptors (Lipinski definition) is 2. The summed E-state index contributed by atoms with van der Waals surface area (Å²) in [5.74, 6) is -0.130. The van der Waals surface area contributed by atoms with E-state index < -0.39 is 0 Å². The SMILES string of the molecule is CC.O=C(Cc1cc(Br)ccc1Br)c1ccc(Br)cc1O. The first-order valence-electron chi connectivity index (χ1n) is 6.43. The van der Waals surface area contributed by atoms with E-state index >= 15 is 0 Å². The molecule has 0 aliphatic carbocycles. The molecule has 0 aliphatic rings. The molecule has 0 bridgehead atoms. The zero-order chi connectivity index (χ0) is 16.0. The van der Waals surface area contributed by atoms with Crippen LogP contribution >= 0.6 is 47.8 Å². The number of carbonyl (C=O) groups excluding carboxylic acids is 1. The summed E-state index contributed by atoms with van der Waals surface area (Å²) < 4.78 is 2.53. The van der Waals surface area contributed by atoms with Crippen molar-refractivity contribution in [1.82, 2.24) is 0 Å². The molecule has 5 heteroatoms. The van der Waals surface area contributed by atoms with Gasteiger partial charge < -0.3 is 5.11 Å². The zero-order valence-electron chi connectivity index (χ0n) is 11.7. The third-order valence-corrected chi connectivity index (χ3v) is 4.38. The summed E-state index contributed by atoms with van der Waals surface area (Å²) in [7, 11) is 0. The Morgan fingerprint density at radius 2 is 1.57 bits per heavy atom. The highest BCUT2D eigenvalue weighted by molar-refractivity contribution is 9.11. The Hall–Kier alpha value is -0.650. The van der Waals surface area contributed by atoms with E-state index in [9.17, 15) is 9.90 Å².